The van der Waals surface area contributed by atoms with Crippen molar-refractivity contribution in [2.24, 2.45) is 28.6 Å². The summed E-state index contributed by atoms with van der Waals surface area (Å²) in [7, 11) is 0. The summed E-state index contributed by atoms with van der Waals surface area (Å²) in [4.78, 5) is 38.6. The minimum Gasteiger partial charge on any atom is -0.493 e. The Morgan fingerprint density at radius 3 is 2.35 bits per heavy atom. The Hall–Kier alpha value is -2.84. The number of fused-ring (bicyclic) bond motifs is 2. The van der Waals surface area contributed by atoms with Crippen LogP contribution < -0.4 is 20.1 Å². The number of carboxylic acid groups (broad SMARTS) is 1. The van der Waals surface area contributed by atoms with Gasteiger partial charge < -0.3 is 25.2 Å². The first-order valence-corrected chi connectivity index (χ1v) is 15.0. The number of amides is 2. The third-order valence-corrected chi connectivity index (χ3v) is 10.2. The number of nitrogens with one attached hydrogen (secondary N) is 2. The molecule has 220 valence electrons. The van der Waals surface area contributed by atoms with Crippen LogP contribution in [0.2, 0.25) is 0 Å². The molecule has 4 aliphatic carbocycles. The standard InChI is InChI=1S/C31H43FN2O6/c1-4-39-23-16-22(32)24(40-20-8-12-31(3,13-9-20)29(37)38)15-21(23)27(35)34-26-19-7-6-18(14-19)25(26)28(36)33-17-30(2)10-5-11-30/h15-16,18-20,25-26H,4-14,17H2,1-3H3,(H,33,36)(H,34,35)(H,37,38). The van der Waals surface area contributed by atoms with E-state index in [1.807, 2.05) is 0 Å². The minimum absolute atomic E-state index is 0.0180. The molecule has 1 aromatic carbocycles. The fourth-order valence-corrected chi connectivity index (χ4v) is 7.30. The normalized spacial score (nSPS) is 32.1. The van der Waals surface area contributed by atoms with Gasteiger partial charge in [-0.2, -0.15) is 0 Å². The molecule has 9 heteroatoms. The van der Waals surface area contributed by atoms with Crippen molar-refractivity contribution in [3.8, 4) is 11.5 Å². The smallest absolute Gasteiger partial charge is 0.309 e. The summed E-state index contributed by atoms with van der Waals surface area (Å²) in [6, 6.07) is 2.29. The number of hydrogen-bond donors (Lipinski definition) is 3. The molecule has 4 fully saturated rings. The van der Waals surface area contributed by atoms with E-state index in [1.165, 1.54) is 18.6 Å². The Labute approximate surface area is 235 Å². The molecule has 0 spiro atoms. The molecule has 0 radical (unpaired) electrons. The maximum absolute atomic E-state index is 15.1. The summed E-state index contributed by atoms with van der Waals surface area (Å²) in [6.45, 7) is 6.62. The van der Waals surface area contributed by atoms with E-state index in [2.05, 4.69) is 17.6 Å². The lowest BCUT2D eigenvalue weighted by Gasteiger charge is -2.39. The van der Waals surface area contributed by atoms with Crippen molar-refractivity contribution in [3.05, 3.63) is 23.5 Å². The highest BCUT2D eigenvalue weighted by molar-refractivity contribution is 5.98. The van der Waals surface area contributed by atoms with E-state index in [1.54, 1.807) is 13.8 Å². The molecule has 0 heterocycles. The summed E-state index contributed by atoms with van der Waals surface area (Å²) >= 11 is 0. The maximum Gasteiger partial charge on any atom is 0.309 e. The van der Waals surface area contributed by atoms with E-state index in [9.17, 15) is 19.5 Å². The average molecular weight is 559 g/mol. The van der Waals surface area contributed by atoms with Crippen LogP contribution in [0.1, 0.15) is 95.3 Å². The molecule has 40 heavy (non-hydrogen) atoms. The first kappa shape index (κ1) is 28.7. The number of hydrogen-bond acceptors (Lipinski definition) is 5. The van der Waals surface area contributed by atoms with E-state index in [-0.39, 0.29) is 64.9 Å². The summed E-state index contributed by atoms with van der Waals surface area (Å²) < 4.78 is 26.7. The third-order valence-electron chi connectivity index (χ3n) is 10.2. The highest BCUT2D eigenvalue weighted by atomic mass is 19.1. The van der Waals surface area contributed by atoms with E-state index in [4.69, 9.17) is 9.47 Å². The van der Waals surface area contributed by atoms with E-state index in [0.717, 1.165) is 32.1 Å². The van der Waals surface area contributed by atoms with Crippen molar-refractivity contribution < 1.29 is 33.4 Å². The molecule has 1 aromatic rings. The van der Waals surface area contributed by atoms with Crippen LogP contribution in [0.3, 0.4) is 0 Å². The summed E-state index contributed by atoms with van der Waals surface area (Å²) in [5, 5.41) is 15.8. The average Bonchev–Trinajstić information content (AvgIpc) is 3.51. The number of carbonyl (C=O) groups is 3. The van der Waals surface area contributed by atoms with E-state index < -0.39 is 23.1 Å². The van der Waals surface area contributed by atoms with Crippen LogP contribution in [0.4, 0.5) is 4.39 Å². The SMILES string of the molecule is CCOc1cc(F)c(OC2CCC(C)(C(=O)O)CC2)cc1C(=O)NC1C2CCC(C2)C1C(=O)NCC1(C)CCC1. The Kier molecular flexibility index (Phi) is 8.03. The topological polar surface area (TPSA) is 114 Å². The zero-order valence-corrected chi connectivity index (χ0v) is 23.9. The Bertz CT molecular complexity index is 1140. The number of benzene rings is 1. The molecule has 4 aliphatic rings. The molecular formula is C31H43FN2O6. The third kappa shape index (κ3) is 5.66. The van der Waals surface area contributed by atoms with Gasteiger partial charge in [-0.15, -0.1) is 0 Å². The number of rotatable bonds is 10. The van der Waals surface area contributed by atoms with Crippen molar-refractivity contribution in [1.29, 1.82) is 0 Å². The van der Waals surface area contributed by atoms with Crippen molar-refractivity contribution >= 4 is 17.8 Å². The van der Waals surface area contributed by atoms with Gasteiger partial charge in [-0.25, -0.2) is 4.39 Å². The van der Waals surface area contributed by atoms with Crippen LogP contribution in [-0.2, 0) is 9.59 Å². The molecule has 2 amide bonds. The lowest BCUT2D eigenvalue weighted by atomic mass is 9.70. The monoisotopic (exact) mass is 558 g/mol. The largest absolute Gasteiger partial charge is 0.493 e. The van der Waals surface area contributed by atoms with Gasteiger partial charge in [0.05, 0.1) is 29.6 Å². The predicted octanol–water partition coefficient (Wildman–Crippen LogP) is 5.09. The number of carboxylic acids is 1. The molecule has 2 bridgehead atoms. The molecule has 0 aliphatic heterocycles. The second kappa shape index (κ2) is 11.2. The van der Waals surface area contributed by atoms with Crippen LogP contribution in [0.15, 0.2) is 12.1 Å². The van der Waals surface area contributed by atoms with Gasteiger partial charge in [0.15, 0.2) is 11.6 Å². The van der Waals surface area contributed by atoms with Crippen molar-refractivity contribution in [2.75, 3.05) is 13.2 Å². The van der Waals surface area contributed by atoms with Crippen molar-refractivity contribution in [1.82, 2.24) is 10.6 Å². The van der Waals surface area contributed by atoms with Crippen LogP contribution in [0.25, 0.3) is 0 Å². The highest BCUT2D eigenvalue weighted by Gasteiger charge is 2.52. The fourth-order valence-electron chi connectivity index (χ4n) is 7.30. The van der Waals surface area contributed by atoms with Crippen LogP contribution in [-0.4, -0.2) is 48.2 Å². The van der Waals surface area contributed by atoms with Gasteiger partial charge in [0.25, 0.3) is 5.91 Å². The molecule has 0 aromatic heterocycles. The van der Waals surface area contributed by atoms with Crippen molar-refractivity contribution in [3.63, 3.8) is 0 Å². The molecular weight excluding hydrogens is 515 g/mol. The van der Waals surface area contributed by atoms with Crippen molar-refractivity contribution in [2.45, 2.75) is 97.1 Å². The molecule has 5 rings (SSSR count). The van der Waals surface area contributed by atoms with Crippen LogP contribution in [0, 0.1) is 34.4 Å². The van der Waals surface area contributed by atoms with Gasteiger partial charge >= 0.3 is 5.97 Å². The zero-order chi connectivity index (χ0) is 28.7. The summed E-state index contributed by atoms with van der Waals surface area (Å²) in [5.41, 5.74) is -0.456. The minimum atomic E-state index is -0.831. The summed E-state index contributed by atoms with van der Waals surface area (Å²) in [5.74, 6) is -1.55. The molecule has 8 nitrogen and oxygen atoms in total. The molecule has 3 N–H and O–H groups in total. The lowest BCUT2D eigenvalue weighted by molar-refractivity contribution is -0.150. The number of halogens is 1. The van der Waals surface area contributed by atoms with Gasteiger partial charge in [-0.1, -0.05) is 13.3 Å². The Balaban J connectivity index is 1.30. The number of carbonyl (C=O) groups excluding carboxylic acids is 2. The predicted molar refractivity (Wildman–Crippen MR) is 147 cm³/mol. The zero-order valence-electron chi connectivity index (χ0n) is 23.9. The summed E-state index contributed by atoms with van der Waals surface area (Å²) in [6.07, 6.45) is 7.84. The van der Waals surface area contributed by atoms with E-state index in [0.29, 0.717) is 32.2 Å². The van der Waals surface area contributed by atoms with Gasteiger partial charge in [0.1, 0.15) is 5.75 Å². The fraction of sp³-hybridized carbons (Fsp3) is 0.710. The van der Waals surface area contributed by atoms with Crippen LogP contribution >= 0.6 is 0 Å². The second-order valence-electron chi connectivity index (χ2n) is 13.1. The molecule has 0 saturated heterocycles. The van der Waals surface area contributed by atoms with Crippen LogP contribution in [0.5, 0.6) is 11.5 Å². The van der Waals surface area contributed by atoms with E-state index >= 15 is 4.39 Å². The van der Waals surface area contributed by atoms with Gasteiger partial charge in [0, 0.05) is 18.7 Å². The molecule has 4 saturated carbocycles. The van der Waals surface area contributed by atoms with Gasteiger partial charge in [-0.3, -0.25) is 14.4 Å². The number of ether oxygens (including phenoxy) is 2. The maximum atomic E-state index is 15.1. The lowest BCUT2D eigenvalue weighted by Crippen LogP contribution is -2.51. The molecule has 4 unspecified atom stereocenters. The first-order chi connectivity index (χ1) is 19.0. The quantitative estimate of drug-likeness (QED) is 0.369. The van der Waals surface area contributed by atoms with Gasteiger partial charge in [0.2, 0.25) is 5.91 Å². The van der Waals surface area contributed by atoms with Gasteiger partial charge in [-0.05, 0) is 95.0 Å². The second-order valence-corrected chi connectivity index (χ2v) is 13.1. The first-order valence-electron chi connectivity index (χ1n) is 15.0. The Morgan fingerprint density at radius 2 is 1.73 bits per heavy atom. The molecule has 4 atom stereocenters. The number of aliphatic carboxylic acids is 1. The highest BCUT2D eigenvalue weighted by Crippen LogP contribution is 2.49. The Morgan fingerprint density at radius 1 is 1.02 bits per heavy atom.